The molecule has 0 aliphatic rings. The van der Waals surface area contributed by atoms with E-state index in [4.69, 9.17) is 8.85 Å². The Bertz CT molecular complexity index is 217. The first-order valence-corrected chi connectivity index (χ1v) is 12.2. The molecule has 0 aromatic heterocycles. The SMILES string of the molecule is C=C[Si](C)(C)NCCC[Si](C)(OCC)OCC. The lowest BCUT2D eigenvalue weighted by Gasteiger charge is -2.27. The van der Waals surface area contributed by atoms with Gasteiger partial charge in [-0.25, -0.2) is 0 Å². The highest BCUT2D eigenvalue weighted by atomic mass is 28.4. The van der Waals surface area contributed by atoms with Crippen molar-refractivity contribution in [1.29, 1.82) is 0 Å². The molecule has 0 bridgehead atoms. The fourth-order valence-corrected chi connectivity index (χ4v) is 5.07. The molecule has 0 spiro atoms. The molecule has 0 aliphatic carbocycles. The zero-order valence-electron chi connectivity index (χ0n) is 12.1. The third-order valence-electron chi connectivity index (χ3n) is 2.80. The molecule has 0 radical (unpaired) electrons. The molecule has 0 unspecified atom stereocenters. The molecule has 5 heteroatoms. The van der Waals surface area contributed by atoms with Gasteiger partial charge in [-0.1, -0.05) is 18.8 Å². The maximum absolute atomic E-state index is 5.81. The van der Waals surface area contributed by atoms with Crippen molar-refractivity contribution >= 4 is 16.8 Å². The van der Waals surface area contributed by atoms with E-state index in [1.54, 1.807) is 0 Å². The highest BCUT2D eigenvalue weighted by molar-refractivity contribution is 6.79. The molecule has 0 fully saturated rings. The maximum atomic E-state index is 5.81. The average Bonchev–Trinajstić information content (AvgIpc) is 2.25. The van der Waals surface area contributed by atoms with Crippen LogP contribution in [0.1, 0.15) is 20.3 Å². The predicted octanol–water partition coefficient (Wildman–Crippen LogP) is 3.04. The van der Waals surface area contributed by atoms with Crippen LogP contribution in [0.25, 0.3) is 0 Å². The Kier molecular flexibility index (Phi) is 8.23. The summed E-state index contributed by atoms with van der Waals surface area (Å²) in [7, 11) is -3.27. The lowest BCUT2D eigenvalue weighted by Crippen LogP contribution is -2.44. The molecule has 0 atom stereocenters. The molecule has 0 aromatic rings. The fourth-order valence-electron chi connectivity index (χ4n) is 1.69. The number of rotatable bonds is 10. The summed E-state index contributed by atoms with van der Waals surface area (Å²) in [5.41, 5.74) is 2.08. The molecule has 3 nitrogen and oxygen atoms in total. The van der Waals surface area contributed by atoms with Crippen molar-refractivity contribution in [2.75, 3.05) is 19.8 Å². The second kappa shape index (κ2) is 8.21. The van der Waals surface area contributed by atoms with Crippen LogP contribution in [0.3, 0.4) is 0 Å². The van der Waals surface area contributed by atoms with Crippen LogP contribution >= 0.6 is 0 Å². The van der Waals surface area contributed by atoms with Gasteiger partial charge in [0.2, 0.25) is 0 Å². The van der Waals surface area contributed by atoms with Gasteiger partial charge in [-0.15, -0.1) is 6.58 Å². The summed E-state index contributed by atoms with van der Waals surface area (Å²) in [5.74, 6) is 0. The summed E-state index contributed by atoms with van der Waals surface area (Å²) >= 11 is 0. The Morgan fingerprint density at radius 1 is 1.12 bits per heavy atom. The first-order chi connectivity index (χ1) is 7.89. The van der Waals surface area contributed by atoms with Gasteiger partial charge in [0.1, 0.15) is 8.24 Å². The van der Waals surface area contributed by atoms with Gasteiger partial charge >= 0.3 is 8.56 Å². The normalized spacial score (nSPS) is 12.8. The molecular weight excluding hydrogens is 246 g/mol. The van der Waals surface area contributed by atoms with Gasteiger partial charge in [0, 0.05) is 13.2 Å². The Morgan fingerprint density at radius 2 is 1.65 bits per heavy atom. The molecule has 102 valence electrons. The van der Waals surface area contributed by atoms with Gasteiger partial charge in [0.25, 0.3) is 0 Å². The first kappa shape index (κ1) is 17.1. The van der Waals surface area contributed by atoms with Gasteiger partial charge in [-0.3, -0.25) is 0 Å². The summed E-state index contributed by atoms with van der Waals surface area (Å²) in [4.78, 5) is 3.60. The quantitative estimate of drug-likeness (QED) is 0.491. The Morgan fingerprint density at radius 3 is 2.06 bits per heavy atom. The van der Waals surface area contributed by atoms with Crippen molar-refractivity contribution < 1.29 is 8.85 Å². The molecule has 0 saturated carbocycles. The third kappa shape index (κ3) is 7.88. The predicted molar refractivity (Wildman–Crippen MR) is 80.0 cm³/mol. The van der Waals surface area contributed by atoms with Gasteiger partial charge in [0.05, 0.1) is 0 Å². The van der Waals surface area contributed by atoms with Crippen LogP contribution in [0.5, 0.6) is 0 Å². The minimum absolute atomic E-state index is 0.753. The smallest absolute Gasteiger partial charge is 0.334 e. The number of hydrogen-bond donors (Lipinski definition) is 1. The second-order valence-corrected chi connectivity index (χ2v) is 12.5. The Hall–Kier alpha value is 0.0538. The van der Waals surface area contributed by atoms with E-state index in [1.165, 1.54) is 0 Å². The van der Waals surface area contributed by atoms with Gasteiger partial charge in [-0.05, 0) is 39.4 Å². The van der Waals surface area contributed by atoms with E-state index < -0.39 is 16.8 Å². The van der Waals surface area contributed by atoms with Crippen LogP contribution in [0.15, 0.2) is 12.3 Å². The zero-order valence-corrected chi connectivity index (χ0v) is 14.1. The van der Waals surface area contributed by atoms with Crippen molar-refractivity contribution in [3.63, 3.8) is 0 Å². The molecule has 0 amide bonds. The molecule has 0 aliphatic heterocycles. The van der Waals surface area contributed by atoms with E-state index in [2.05, 4.69) is 36.9 Å². The van der Waals surface area contributed by atoms with Crippen LogP contribution < -0.4 is 4.98 Å². The van der Waals surface area contributed by atoms with Crippen LogP contribution in [-0.2, 0) is 8.85 Å². The summed E-state index contributed by atoms with van der Waals surface area (Å²) < 4.78 is 11.6. The number of nitrogens with one attached hydrogen (secondary N) is 1. The fraction of sp³-hybridized carbons (Fsp3) is 0.833. The average molecular weight is 276 g/mol. The largest absolute Gasteiger partial charge is 0.395 e. The molecule has 0 aromatic carbocycles. The molecule has 0 heterocycles. The highest BCUT2D eigenvalue weighted by Gasteiger charge is 2.30. The van der Waals surface area contributed by atoms with E-state index >= 15 is 0 Å². The molecule has 0 saturated heterocycles. The Labute approximate surface area is 109 Å². The molecule has 17 heavy (non-hydrogen) atoms. The lowest BCUT2D eigenvalue weighted by molar-refractivity contribution is 0.188. The third-order valence-corrected chi connectivity index (χ3v) is 8.04. The summed E-state index contributed by atoms with van der Waals surface area (Å²) in [6.07, 6.45) is 1.12. The second-order valence-electron chi connectivity index (χ2n) is 4.96. The van der Waals surface area contributed by atoms with Crippen molar-refractivity contribution in [2.24, 2.45) is 0 Å². The standard InChI is InChI=1S/C12H29NO2Si2/c1-7-14-17(6,15-8-2)12-10-11-13-16(4,5)9-3/h9,13H,3,7-8,10-12H2,1-2,4-6H3. The van der Waals surface area contributed by atoms with Crippen LogP contribution in [0.4, 0.5) is 0 Å². The van der Waals surface area contributed by atoms with Crippen LogP contribution in [0, 0.1) is 0 Å². The van der Waals surface area contributed by atoms with E-state index in [0.717, 1.165) is 32.2 Å². The number of hydrogen-bond acceptors (Lipinski definition) is 3. The minimum atomic E-state index is -1.91. The Balaban J connectivity index is 3.94. The monoisotopic (exact) mass is 275 g/mol. The summed E-state index contributed by atoms with van der Waals surface area (Å²) in [5, 5.41) is 0. The van der Waals surface area contributed by atoms with Crippen molar-refractivity contribution in [2.45, 2.75) is 46.0 Å². The van der Waals surface area contributed by atoms with Gasteiger partial charge in [-0.2, -0.15) is 0 Å². The lowest BCUT2D eigenvalue weighted by atomic mass is 10.5. The van der Waals surface area contributed by atoms with E-state index in [0.29, 0.717) is 0 Å². The molecular formula is C12H29NO2Si2. The van der Waals surface area contributed by atoms with Gasteiger partial charge < -0.3 is 13.8 Å². The van der Waals surface area contributed by atoms with E-state index in [1.807, 2.05) is 13.8 Å². The minimum Gasteiger partial charge on any atom is -0.395 e. The molecule has 1 N–H and O–H groups in total. The van der Waals surface area contributed by atoms with Crippen LogP contribution in [0.2, 0.25) is 25.7 Å². The zero-order chi connectivity index (χ0) is 13.4. The summed E-state index contributed by atoms with van der Waals surface area (Å²) in [6, 6.07) is 1.06. The van der Waals surface area contributed by atoms with Crippen molar-refractivity contribution in [1.82, 2.24) is 4.98 Å². The highest BCUT2D eigenvalue weighted by Crippen LogP contribution is 2.15. The van der Waals surface area contributed by atoms with E-state index in [-0.39, 0.29) is 0 Å². The summed E-state index contributed by atoms with van der Waals surface area (Å²) in [6.45, 7) is 17.2. The topological polar surface area (TPSA) is 30.5 Å². The maximum Gasteiger partial charge on any atom is 0.334 e. The van der Waals surface area contributed by atoms with E-state index in [9.17, 15) is 0 Å². The van der Waals surface area contributed by atoms with Gasteiger partial charge in [0.15, 0.2) is 0 Å². The van der Waals surface area contributed by atoms with Crippen molar-refractivity contribution in [3.05, 3.63) is 12.3 Å². The molecule has 0 rings (SSSR count). The first-order valence-electron chi connectivity index (χ1n) is 6.55. The van der Waals surface area contributed by atoms with Crippen molar-refractivity contribution in [3.8, 4) is 0 Å². The van der Waals surface area contributed by atoms with Crippen LogP contribution in [-0.4, -0.2) is 36.6 Å².